The molecule has 0 aliphatic carbocycles. The van der Waals surface area contributed by atoms with Gasteiger partial charge < -0.3 is 5.73 Å². The van der Waals surface area contributed by atoms with Crippen LogP contribution in [-0.2, 0) is 5.75 Å². The number of fused-ring (bicyclic) bond motifs is 1. The molecule has 96 valence electrons. The molecule has 0 unspecified atom stereocenters. The van der Waals surface area contributed by atoms with Crippen molar-refractivity contribution in [2.24, 2.45) is 0 Å². The Hall–Kier alpha value is -1.59. The number of hydrogen-bond donors (Lipinski definition) is 1. The van der Waals surface area contributed by atoms with Gasteiger partial charge >= 0.3 is 0 Å². The summed E-state index contributed by atoms with van der Waals surface area (Å²) in [7, 11) is 0. The van der Waals surface area contributed by atoms with E-state index in [1.807, 2.05) is 19.2 Å². The fraction of sp³-hybridized carbons (Fsp3) is 0.143. The van der Waals surface area contributed by atoms with Crippen LogP contribution in [-0.4, -0.2) is 9.97 Å². The second-order valence-corrected chi connectivity index (χ2v) is 6.48. The fourth-order valence-electron chi connectivity index (χ4n) is 1.96. The van der Waals surface area contributed by atoms with Crippen molar-refractivity contribution in [1.29, 1.82) is 0 Å². The van der Waals surface area contributed by atoms with Gasteiger partial charge in [0.15, 0.2) is 5.13 Å². The van der Waals surface area contributed by atoms with Gasteiger partial charge in [0.05, 0.1) is 15.4 Å². The molecule has 2 aromatic heterocycles. The molecule has 2 N–H and O–H groups in total. The van der Waals surface area contributed by atoms with E-state index in [0.29, 0.717) is 5.13 Å². The first kappa shape index (κ1) is 12.4. The molecular weight excluding hydrogens is 274 g/mol. The Labute approximate surface area is 119 Å². The molecule has 0 amide bonds. The molecule has 1 aromatic carbocycles. The van der Waals surface area contributed by atoms with E-state index in [0.717, 1.165) is 17.0 Å². The molecule has 0 aliphatic rings. The van der Waals surface area contributed by atoms with Gasteiger partial charge in [0.1, 0.15) is 0 Å². The third-order valence-corrected chi connectivity index (χ3v) is 5.24. The van der Waals surface area contributed by atoms with Crippen LogP contribution >= 0.6 is 23.1 Å². The topological polar surface area (TPSA) is 51.8 Å². The number of rotatable bonds is 3. The van der Waals surface area contributed by atoms with Crippen molar-refractivity contribution >= 4 is 39.1 Å². The first-order chi connectivity index (χ1) is 9.24. The smallest absolute Gasteiger partial charge is 0.181 e. The monoisotopic (exact) mass is 287 g/mol. The van der Waals surface area contributed by atoms with Gasteiger partial charge in [-0.3, -0.25) is 4.98 Å². The number of benzene rings is 1. The summed E-state index contributed by atoms with van der Waals surface area (Å²) in [6.07, 6.45) is 1.84. The normalized spacial score (nSPS) is 11.0. The maximum atomic E-state index is 5.72. The minimum atomic E-state index is 0.635. The van der Waals surface area contributed by atoms with E-state index in [1.54, 1.807) is 23.1 Å². The number of aromatic nitrogens is 2. The van der Waals surface area contributed by atoms with Crippen LogP contribution in [0.4, 0.5) is 5.13 Å². The average Bonchev–Trinajstić information content (AvgIpc) is 2.74. The Balaban J connectivity index is 1.88. The molecule has 2 heterocycles. The average molecular weight is 287 g/mol. The van der Waals surface area contributed by atoms with Crippen LogP contribution in [0.15, 0.2) is 40.7 Å². The molecule has 0 saturated heterocycles. The highest BCUT2D eigenvalue weighted by Gasteiger charge is 2.08. The SMILES string of the molecule is Cc1nc(N)sc1SCc1cccc2cccnc12. The van der Waals surface area contributed by atoms with Crippen molar-refractivity contribution < 1.29 is 0 Å². The van der Waals surface area contributed by atoms with E-state index in [2.05, 4.69) is 34.2 Å². The van der Waals surface area contributed by atoms with Crippen molar-refractivity contribution in [1.82, 2.24) is 9.97 Å². The molecular formula is C14H13N3S2. The van der Waals surface area contributed by atoms with E-state index in [-0.39, 0.29) is 0 Å². The van der Waals surface area contributed by atoms with Crippen LogP contribution < -0.4 is 5.73 Å². The highest BCUT2D eigenvalue weighted by atomic mass is 32.2. The van der Waals surface area contributed by atoms with Crippen LogP contribution in [0.3, 0.4) is 0 Å². The zero-order chi connectivity index (χ0) is 13.2. The highest BCUT2D eigenvalue weighted by molar-refractivity contribution is 8.00. The van der Waals surface area contributed by atoms with Crippen LogP contribution in [0.2, 0.25) is 0 Å². The largest absolute Gasteiger partial charge is 0.375 e. The predicted octanol–water partition coefficient (Wildman–Crippen LogP) is 3.87. The van der Waals surface area contributed by atoms with Gasteiger partial charge in [-0.05, 0) is 18.6 Å². The Morgan fingerprint density at radius 1 is 1.26 bits per heavy atom. The molecule has 0 saturated carbocycles. The number of anilines is 1. The lowest BCUT2D eigenvalue weighted by Gasteiger charge is -2.04. The van der Waals surface area contributed by atoms with E-state index >= 15 is 0 Å². The fourth-order valence-corrected chi connectivity index (χ4v) is 3.97. The maximum absolute atomic E-state index is 5.72. The van der Waals surface area contributed by atoms with Gasteiger partial charge in [-0.25, -0.2) is 4.98 Å². The summed E-state index contributed by atoms with van der Waals surface area (Å²) in [5.41, 5.74) is 9.06. The number of para-hydroxylation sites is 1. The summed E-state index contributed by atoms with van der Waals surface area (Å²) < 4.78 is 1.19. The number of thiazole rings is 1. The number of aryl methyl sites for hydroxylation is 1. The van der Waals surface area contributed by atoms with Crippen LogP contribution in [0.25, 0.3) is 10.9 Å². The zero-order valence-corrected chi connectivity index (χ0v) is 12.1. The summed E-state index contributed by atoms with van der Waals surface area (Å²) in [5, 5.41) is 1.82. The lowest BCUT2D eigenvalue weighted by Crippen LogP contribution is -1.86. The number of nitrogens with two attached hydrogens (primary N) is 1. The van der Waals surface area contributed by atoms with Gasteiger partial charge in [-0.2, -0.15) is 0 Å². The van der Waals surface area contributed by atoms with Crippen molar-refractivity contribution in [2.75, 3.05) is 5.73 Å². The first-order valence-corrected chi connectivity index (χ1v) is 7.72. The highest BCUT2D eigenvalue weighted by Crippen LogP contribution is 2.33. The second-order valence-electron chi connectivity index (χ2n) is 4.21. The van der Waals surface area contributed by atoms with Crippen LogP contribution in [0, 0.1) is 6.92 Å². The van der Waals surface area contributed by atoms with Crippen molar-refractivity contribution in [3.63, 3.8) is 0 Å². The molecule has 0 bridgehead atoms. The summed E-state index contributed by atoms with van der Waals surface area (Å²) in [4.78, 5) is 8.72. The van der Waals surface area contributed by atoms with Crippen molar-refractivity contribution in [2.45, 2.75) is 16.9 Å². The maximum Gasteiger partial charge on any atom is 0.181 e. The molecule has 3 rings (SSSR count). The van der Waals surface area contributed by atoms with E-state index in [9.17, 15) is 0 Å². The second kappa shape index (κ2) is 5.19. The number of thioether (sulfide) groups is 1. The standard InChI is InChI=1S/C14H13N3S2/c1-9-13(19-14(15)17-9)18-8-11-5-2-4-10-6-3-7-16-12(10)11/h2-7H,8H2,1H3,(H2,15,17). The first-order valence-electron chi connectivity index (χ1n) is 5.92. The Morgan fingerprint density at radius 2 is 2.11 bits per heavy atom. The minimum Gasteiger partial charge on any atom is -0.375 e. The molecule has 0 aliphatic heterocycles. The lowest BCUT2D eigenvalue weighted by atomic mass is 10.1. The number of pyridine rings is 1. The van der Waals surface area contributed by atoms with Crippen LogP contribution in [0.1, 0.15) is 11.3 Å². The van der Waals surface area contributed by atoms with Gasteiger partial charge in [-0.1, -0.05) is 35.6 Å². The van der Waals surface area contributed by atoms with E-state index < -0.39 is 0 Å². The number of nitrogen functional groups attached to an aromatic ring is 1. The number of nitrogens with zero attached hydrogens (tertiary/aromatic N) is 2. The third-order valence-electron chi connectivity index (χ3n) is 2.85. The summed E-state index contributed by atoms with van der Waals surface area (Å²) in [5.74, 6) is 0.886. The van der Waals surface area contributed by atoms with Gasteiger partial charge in [0.2, 0.25) is 0 Å². The van der Waals surface area contributed by atoms with Gasteiger partial charge in [-0.15, -0.1) is 11.8 Å². The summed E-state index contributed by atoms with van der Waals surface area (Å²) in [6, 6.07) is 10.3. The molecule has 3 nitrogen and oxygen atoms in total. The molecule has 5 heteroatoms. The van der Waals surface area contributed by atoms with Crippen molar-refractivity contribution in [3.05, 3.63) is 47.8 Å². The molecule has 3 aromatic rings. The molecule has 0 spiro atoms. The summed E-state index contributed by atoms with van der Waals surface area (Å²) in [6.45, 7) is 2.00. The Morgan fingerprint density at radius 3 is 2.89 bits per heavy atom. The third kappa shape index (κ3) is 2.57. The molecule has 0 atom stereocenters. The van der Waals surface area contributed by atoms with Gasteiger partial charge in [0, 0.05) is 17.3 Å². The lowest BCUT2D eigenvalue weighted by molar-refractivity contribution is 1.21. The Kier molecular flexibility index (Phi) is 3.40. The van der Waals surface area contributed by atoms with Crippen molar-refractivity contribution in [3.8, 4) is 0 Å². The van der Waals surface area contributed by atoms with E-state index in [4.69, 9.17) is 5.73 Å². The minimum absolute atomic E-state index is 0.635. The zero-order valence-electron chi connectivity index (χ0n) is 10.5. The quantitative estimate of drug-likeness (QED) is 0.743. The van der Waals surface area contributed by atoms with Crippen LogP contribution in [0.5, 0.6) is 0 Å². The predicted molar refractivity (Wildman–Crippen MR) is 82.6 cm³/mol. The Bertz CT molecular complexity index is 716. The summed E-state index contributed by atoms with van der Waals surface area (Å²) >= 11 is 3.32. The number of hydrogen-bond acceptors (Lipinski definition) is 5. The molecule has 19 heavy (non-hydrogen) atoms. The molecule has 0 radical (unpaired) electrons. The molecule has 0 fully saturated rings. The van der Waals surface area contributed by atoms with Gasteiger partial charge in [0.25, 0.3) is 0 Å². The van der Waals surface area contributed by atoms with E-state index in [1.165, 1.54) is 15.2 Å².